The highest BCUT2D eigenvalue weighted by atomic mass is 32.1. The van der Waals surface area contributed by atoms with E-state index in [4.69, 9.17) is 0 Å². The number of hydrogen-bond donors (Lipinski definition) is 1. The Morgan fingerprint density at radius 2 is 2.36 bits per heavy atom. The molecule has 0 fully saturated rings. The summed E-state index contributed by atoms with van der Waals surface area (Å²) < 4.78 is 0. The van der Waals surface area contributed by atoms with E-state index < -0.39 is 0 Å². The summed E-state index contributed by atoms with van der Waals surface area (Å²) in [7, 11) is 0. The summed E-state index contributed by atoms with van der Waals surface area (Å²) in [6.45, 7) is 9.71. The molecular weight excluding hydrogens is 194 g/mol. The van der Waals surface area contributed by atoms with Gasteiger partial charge in [-0.05, 0) is 13.1 Å². The van der Waals surface area contributed by atoms with Crippen molar-refractivity contribution in [2.24, 2.45) is 0 Å². The molecule has 0 saturated heterocycles. The number of likely N-dealkylation sites (N-methyl/N-ethyl adjacent to an activating group) is 2. The van der Waals surface area contributed by atoms with Gasteiger partial charge in [0.05, 0.1) is 5.51 Å². The third-order valence-electron chi connectivity index (χ3n) is 2.16. The smallest absolute Gasteiger partial charge is 0.0794 e. The summed E-state index contributed by atoms with van der Waals surface area (Å²) in [5.41, 5.74) is 1.90. The molecule has 0 bridgehead atoms. The predicted molar refractivity (Wildman–Crippen MR) is 61.6 cm³/mol. The van der Waals surface area contributed by atoms with Crippen LogP contribution in [0.4, 0.5) is 0 Å². The van der Waals surface area contributed by atoms with Gasteiger partial charge in [-0.3, -0.25) is 9.88 Å². The van der Waals surface area contributed by atoms with Crippen molar-refractivity contribution >= 4 is 11.3 Å². The number of nitrogens with one attached hydrogen (secondary N) is 1. The Morgan fingerprint density at radius 3 is 2.93 bits per heavy atom. The van der Waals surface area contributed by atoms with E-state index in [9.17, 15) is 0 Å². The molecule has 1 heterocycles. The van der Waals surface area contributed by atoms with Crippen molar-refractivity contribution < 1.29 is 0 Å². The summed E-state index contributed by atoms with van der Waals surface area (Å²) in [6.07, 6.45) is 1.96. The lowest BCUT2D eigenvalue weighted by atomic mass is 10.4. The fourth-order valence-electron chi connectivity index (χ4n) is 1.30. The van der Waals surface area contributed by atoms with Crippen LogP contribution in [0.25, 0.3) is 0 Å². The minimum atomic E-state index is 1.03. The standard InChI is InChI=1S/C10H19N3S/c1-3-11-5-6-13(4-2)8-10-7-12-9-14-10/h7,9,11H,3-6,8H2,1-2H3. The lowest BCUT2D eigenvalue weighted by Gasteiger charge is -2.19. The molecule has 0 spiro atoms. The van der Waals surface area contributed by atoms with Crippen LogP contribution in [0.1, 0.15) is 18.7 Å². The maximum absolute atomic E-state index is 4.08. The van der Waals surface area contributed by atoms with E-state index in [-0.39, 0.29) is 0 Å². The summed E-state index contributed by atoms with van der Waals surface area (Å²) in [6, 6.07) is 0. The minimum Gasteiger partial charge on any atom is -0.316 e. The first kappa shape index (κ1) is 11.6. The normalized spacial score (nSPS) is 11.1. The quantitative estimate of drug-likeness (QED) is 0.697. The number of rotatable bonds is 7. The van der Waals surface area contributed by atoms with Crippen molar-refractivity contribution in [3.8, 4) is 0 Å². The van der Waals surface area contributed by atoms with Crippen LogP contribution < -0.4 is 5.32 Å². The molecule has 0 saturated carbocycles. The van der Waals surface area contributed by atoms with Gasteiger partial charge in [0.15, 0.2) is 0 Å². The Morgan fingerprint density at radius 1 is 1.50 bits per heavy atom. The van der Waals surface area contributed by atoms with Crippen molar-refractivity contribution in [3.05, 3.63) is 16.6 Å². The highest BCUT2D eigenvalue weighted by molar-refractivity contribution is 7.09. The van der Waals surface area contributed by atoms with Gasteiger partial charge in [-0.15, -0.1) is 11.3 Å². The summed E-state index contributed by atoms with van der Waals surface area (Å²) in [5.74, 6) is 0. The third kappa shape index (κ3) is 4.17. The van der Waals surface area contributed by atoms with E-state index in [0.29, 0.717) is 0 Å². The van der Waals surface area contributed by atoms with Crippen LogP contribution in [-0.4, -0.2) is 36.1 Å². The van der Waals surface area contributed by atoms with Crippen LogP contribution >= 0.6 is 11.3 Å². The molecule has 80 valence electrons. The minimum absolute atomic E-state index is 1.03. The molecule has 14 heavy (non-hydrogen) atoms. The Bertz CT molecular complexity index is 223. The largest absolute Gasteiger partial charge is 0.316 e. The average molecular weight is 213 g/mol. The first-order valence-corrected chi connectivity index (χ1v) is 6.05. The van der Waals surface area contributed by atoms with E-state index in [1.54, 1.807) is 11.3 Å². The van der Waals surface area contributed by atoms with Crippen molar-refractivity contribution in [2.75, 3.05) is 26.2 Å². The number of thiazole rings is 1. The molecule has 0 aliphatic rings. The lowest BCUT2D eigenvalue weighted by molar-refractivity contribution is 0.282. The molecule has 1 rings (SSSR count). The zero-order valence-corrected chi connectivity index (χ0v) is 9.81. The topological polar surface area (TPSA) is 28.2 Å². The van der Waals surface area contributed by atoms with Crippen LogP contribution in [0.2, 0.25) is 0 Å². The molecule has 1 N–H and O–H groups in total. The Balaban J connectivity index is 2.24. The molecule has 4 heteroatoms. The molecule has 3 nitrogen and oxygen atoms in total. The second kappa shape index (κ2) is 6.92. The first-order valence-electron chi connectivity index (χ1n) is 5.17. The van der Waals surface area contributed by atoms with Gasteiger partial charge in [0.2, 0.25) is 0 Å². The fraction of sp³-hybridized carbons (Fsp3) is 0.700. The summed E-state index contributed by atoms with van der Waals surface area (Å²) in [4.78, 5) is 7.86. The van der Waals surface area contributed by atoms with E-state index in [1.807, 2.05) is 11.7 Å². The lowest BCUT2D eigenvalue weighted by Crippen LogP contribution is -2.31. The van der Waals surface area contributed by atoms with Gasteiger partial charge in [0.1, 0.15) is 0 Å². The molecule has 0 radical (unpaired) electrons. The van der Waals surface area contributed by atoms with Gasteiger partial charge in [-0.2, -0.15) is 0 Å². The van der Waals surface area contributed by atoms with Crippen LogP contribution in [-0.2, 0) is 6.54 Å². The van der Waals surface area contributed by atoms with E-state index >= 15 is 0 Å². The zero-order valence-electron chi connectivity index (χ0n) is 8.99. The zero-order chi connectivity index (χ0) is 10.2. The maximum atomic E-state index is 4.08. The van der Waals surface area contributed by atoms with E-state index in [2.05, 4.69) is 29.0 Å². The van der Waals surface area contributed by atoms with Crippen molar-refractivity contribution in [2.45, 2.75) is 20.4 Å². The van der Waals surface area contributed by atoms with E-state index in [1.165, 1.54) is 4.88 Å². The predicted octanol–water partition coefficient (Wildman–Crippen LogP) is 1.57. The molecule has 0 aromatic carbocycles. The van der Waals surface area contributed by atoms with Gasteiger partial charge < -0.3 is 5.32 Å². The monoisotopic (exact) mass is 213 g/mol. The van der Waals surface area contributed by atoms with Crippen molar-refractivity contribution in [3.63, 3.8) is 0 Å². The second-order valence-corrected chi connectivity index (χ2v) is 4.16. The van der Waals surface area contributed by atoms with Gasteiger partial charge in [0, 0.05) is 30.7 Å². The molecule has 0 unspecified atom stereocenters. The molecule has 0 aliphatic carbocycles. The molecule has 0 amide bonds. The van der Waals surface area contributed by atoms with Crippen molar-refractivity contribution in [1.82, 2.24) is 15.2 Å². The molecular formula is C10H19N3S. The SMILES string of the molecule is CCNCCN(CC)Cc1cncs1. The van der Waals surface area contributed by atoms with Gasteiger partial charge >= 0.3 is 0 Å². The average Bonchev–Trinajstić information content (AvgIpc) is 2.69. The Kier molecular flexibility index (Phi) is 5.75. The maximum Gasteiger partial charge on any atom is 0.0794 e. The number of aromatic nitrogens is 1. The second-order valence-electron chi connectivity index (χ2n) is 3.19. The van der Waals surface area contributed by atoms with Crippen LogP contribution in [0.5, 0.6) is 0 Å². The summed E-state index contributed by atoms with van der Waals surface area (Å²) in [5, 5.41) is 3.34. The third-order valence-corrected chi connectivity index (χ3v) is 2.93. The van der Waals surface area contributed by atoms with Gasteiger partial charge in [-0.1, -0.05) is 13.8 Å². The highest BCUT2D eigenvalue weighted by Crippen LogP contribution is 2.08. The highest BCUT2D eigenvalue weighted by Gasteiger charge is 2.03. The van der Waals surface area contributed by atoms with Gasteiger partial charge in [0.25, 0.3) is 0 Å². The Hall–Kier alpha value is -0.450. The molecule has 1 aromatic heterocycles. The number of nitrogens with zero attached hydrogens (tertiary/aromatic N) is 2. The van der Waals surface area contributed by atoms with Crippen molar-refractivity contribution in [1.29, 1.82) is 0 Å². The Labute approximate surface area is 90.2 Å². The summed E-state index contributed by atoms with van der Waals surface area (Å²) >= 11 is 1.73. The van der Waals surface area contributed by atoms with Crippen LogP contribution in [0, 0.1) is 0 Å². The number of hydrogen-bond acceptors (Lipinski definition) is 4. The van der Waals surface area contributed by atoms with Crippen LogP contribution in [0.15, 0.2) is 11.7 Å². The van der Waals surface area contributed by atoms with Crippen LogP contribution in [0.3, 0.4) is 0 Å². The molecule has 0 aliphatic heterocycles. The first-order chi connectivity index (χ1) is 6.86. The molecule has 1 aromatic rings. The van der Waals surface area contributed by atoms with E-state index in [0.717, 1.165) is 32.7 Å². The van der Waals surface area contributed by atoms with Gasteiger partial charge in [-0.25, -0.2) is 0 Å². The molecule has 0 atom stereocenters. The fourth-order valence-corrected chi connectivity index (χ4v) is 1.94.